The summed E-state index contributed by atoms with van der Waals surface area (Å²) < 4.78 is 9.53. The second-order valence-corrected chi connectivity index (χ2v) is 5.22. The lowest BCUT2D eigenvalue weighted by atomic mass is 10.1. The van der Waals surface area contributed by atoms with Crippen molar-refractivity contribution in [1.29, 1.82) is 5.26 Å². The maximum absolute atomic E-state index is 12.1. The summed E-state index contributed by atoms with van der Waals surface area (Å²) in [6.45, 7) is -0.697. The Kier molecular flexibility index (Phi) is 9.20. The number of hydrogen-bond donors (Lipinski definition) is 3. The van der Waals surface area contributed by atoms with Crippen LogP contribution in [0.1, 0.15) is 18.4 Å². The fourth-order valence-electron chi connectivity index (χ4n) is 1.97. The van der Waals surface area contributed by atoms with Crippen molar-refractivity contribution in [3.63, 3.8) is 0 Å². The van der Waals surface area contributed by atoms with E-state index in [0.29, 0.717) is 0 Å². The van der Waals surface area contributed by atoms with Crippen molar-refractivity contribution < 1.29 is 29.0 Å². The van der Waals surface area contributed by atoms with Gasteiger partial charge in [-0.3, -0.25) is 4.79 Å². The number of benzene rings is 1. The van der Waals surface area contributed by atoms with E-state index in [1.807, 2.05) is 12.1 Å². The molecule has 3 N–H and O–H groups in total. The number of nitrogens with zero attached hydrogens (tertiary/aromatic N) is 1. The Labute approximate surface area is 150 Å². The number of nitrogens with one attached hydrogen (secondary N) is 2. The summed E-state index contributed by atoms with van der Waals surface area (Å²) in [5.74, 6) is -1.52. The molecule has 0 saturated carbocycles. The fraction of sp³-hybridized carbons (Fsp3) is 0.412. The Morgan fingerprint density at radius 1 is 1.19 bits per heavy atom. The van der Waals surface area contributed by atoms with Gasteiger partial charge in [-0.2, -0.15) is 5.26 Å². The number of carbonyl (C=O) groups is 3. The third-order valence-electron chi connectivity index (χ3n) is 3.35. The van der Waals surface area contributed by atoms with Crippen LogP contribution in [-0.4, -0.2) is 48.9 Å². The van der Waals surface area contributed by atoms with E-state index in [-0.39, 0.29) is 19.4 Å². The van der Waals surface area contributed by atoms with Crippen molar-refractivity contribution >= 4 is 18.0 Å². The number of ether oxygens (including phenoxy) is 2. The zero-order valence-corrected chi connectivity index (χ0v) is 14.3. The normalized spacial score (nSPS) is 12.2. The minimum atomic E-state index is -1.31. The van der Waals surface area contributed by atoms with Gasteiger partial charge in [-0.25, -0.2) is 9.59 Å². The van der Waals surface area contributed by atoms with Crippen LogP contribution in [0.4, 0.5) is 4.79 Å². The molecular weight excluding hydrogens is 342 g/mol. The predicted molar refractivity (Wildman–Crippen MR) is 89.4 cm³/mol. The van der Waals surface area contributed by atoms with Gasteiger partial charge in [0, 0.05) is 6.42 Å². The summed E-state index contributed by atoms with van der Waals surface area (Å²) in [5, 5.41) is 22.5. The van der Waals surface area contributed by atoms with E-state index in [1.54, 1.807) is 24.3 Å². The van der Waals surface area contributed by atoms with Gasteiger partial charge in [0.05, 0.1) is 19.8 Å². The van der Waals surface area contributed by atoms with Gasteiger partial charge in [-0.1, -0.05) is 30.3 Å². The van der Waals surface area contributed by atoms with Gasteiger partial charge >= 0.3 is 12.1 Å². The lowest BCUT2D eigenvalue weighted by molar-refractivity contribution is -0.145. The summed E-state index contributed by atoms with van der Waals surface area (Å²) in [7, 11) is 1.15. The molecule has 140 valence electrons. The molecule has 1 rings (SSSR count). The third kappa shape index (κ3) is 7.19. The van der Waals surface area contributed by atoms with Crippen LogP contribution in [-0.2, 0) is 25.7 Å². The smallest absolute Gasteiger partial charge is 0.408 e. The predicted octanol–water partition coefficient (Wildman–Crippen LogP) is 0.235. The van der Waals surface area contributed by atoms with Crippen LogP contribution >= 0.6 is 0 Å². The minimum absolute atomic E-state index is 0.000599. The van der Waals surface area contributed by atoms with Crippen LogP contribution in [0.5, 0.6) is 0 Å². The molecule has 2 atom stereocenters. The number of methoxy groups -OCH3 is 1. The number of aliphatic hydroxyl groups is 1. The van der Waals surface area contributed by atoms with Crippen molar-refractivity contribution in [3.05, 3.63) is 35.9 Å². The van der Waals surface area contributed by atoms with Gasteiger partial charge in [-0.05, 0) is 12.0 Å². The van der Waals surface area contributed by atoms with Crippen LogP contribution < -0.4 is 10.6 Å². The van der Waals surface area contributed by atoms with E-state index < -0.39 is 36.7 Å². The number of hydrogen-bond acceptors (Lipinski definition) is 7. The molecule has 0 aromatic heterocycles. The molecule has 0 heterocycles. The monoisotopic (exact) mass is 363 g/mol. The van der Waals surface area contributed by atoms with E-state index in [0.717, 1.165) is 12.7 Å². The standard InChI is InChI=1S/C17H21N3O6/c1-25-16(23)13(8-5-9-18)19-15(22)14(10-21)20-17(24)26-11-12-6-3-2-4-7-12/h2-4,6-7,13-14,21H,5,8,10-11H2,1H3,(H,19,22)(H,20,24)/t13-,14+/m1/s1. The average molecular weight is 363 g/mol. The van der Waals surface area contributed by atoms with Gasteiger partial charge in [0.2, 0.25) is 5.91 Å². The van der Waals surface area contributed by atoms with Gasteiger partial charge in [-0.15, -0.1) is 0 Å². The molecule has 0 radical (unpaired) electrons. The highest BCUT2D eigenvalue weighted by atomic mass is 16.5. The molecule has 0 fully saturated rings. The third-order valence-corrected chi connectivity index (χ3v) is 3.35. The maximum Gasteiger partial charge on any atom is 0.408 e. The molecule has 0 aliphatic heterocycles. The average Bonchev–Trinajstić information content (AvgIpc) is 2.67. The first-order valence-corrected chi connectivity index (χ1v) is 7.85. The lowest BCUT2D eigenvalue weighted by Crippen LogP contribution is -2.53. The van der Waals surface area contributed by atoms with E-state index in [9.17, 15) is 19.5 Å². The van der Waals surface area contributed by atoms with Crippen LogP contribution in [0.3, 0.4) is 0 Å². The molecule has 0 spiro atoms. The molecule has 0 aliphatic carbocycles. The first kappa shape index (κ1) is 20.9. The Morgan fingerprint density at radius 2 is 1.88 bits per heavy atom. The molecule has 0 aliphatic rings. The molecular formula is C17H21N3O6. The van der Waals surface area contributed by atoms with E-state index >= 15 is 0 Å². The van der Waals surface area contributed by atoms with Crippen molar-refractivity contribution in [2.24, 2.45) is 0 Å². The number of amides is 2. The first-order chi connectivity index (χ1) is 12.5. The number of rotatable bonds is 9. The molecule has 0 unspecified atom stereocenters. The Balaban J connectivity index is 2.56. The second kappa shape index (κ2) is 11.4. The second-order valence-electron chi connectivity index (χ2n) is 5.22. The molecule has 0 saturated heterocycles. The largest absolute Gasteiger partial charge is 0.467 e. The van der Waals surface area contributed by atoms with Gasteiger partial charge in [0.1, 0.15) is 18.7 Å². The number of esters is 1. The SMILES string of the molecule is COC(=O)[C@@H](CCC#N)NC(=O)[C@H](CO)NC(=O)OCc1ccccc1. The highest BCUT2D eigenvalue weighted by Crippen LogP contribution is 2.02. The number of carbonyl (C=O) groups excluding carboxylic acids is 3. The molecule has 0 bridgehead atoms. The molecule has 1 aromatic carbocycles. The molecule has 2 amide bonds. The highest BCUT2D eigenvalue weighted by molar-refractivity contribution is 5.89. The Bertz CT molecular complexity index is 644. The maximum atomic E-state index is 12.1. The van der Waals surface area contributed by atoms with Crippen LogP contribution in [0.25, 0.3) is 0 Å². The van der Waals surface area contributed by atoms with E-state index in [1.165, 1.54) is 0 Å². The summed E-state index contributed by atoms with van der Waals surface area (Å²) >= 11 is 0. The number of nitriles is 1. The molecule has 26 heavy (non-hydrogen) atoms. The van der Waals surface area contributed by atoms with Crippen LogP contribution in [0.2, 0.25) is 0 Å². The van der Waals surface area contributed by atoms with Crippen LogP contribution in [0.15, 0.2) is 30.3 Å². The van der Waals surface area contributed by atoms with E-state index in [4.69, 9.17) is 10.00 Å². The topological polar surface area (TPSA) is 138 Å². The quantitative estimate of drug-likeness (QED) is 0.534. The van der Waals surface area contributed by atoms with Gasteiger partial charge in [0.25, 0.3) is 0 Å². The zero-order valence-electron chi connectivity index (χ0n) is 14.3. The molecule has 9 heteroatoms. The molecule has 1 aromatic rings. The summed E-state index contributed by atoms with van der Waals surface area (Å²) in [6.07, 6.45) is -0.822. The highest BCUT2D eigenvalue weighted by Gasteiger charge is 2.27. The van der Waals surface area contributed by atoms with Gasteiger partial charge < -0.3 is 25.2 Å². The van der Waals surface area contributed by atoms with Crippen molar-refractivity contribution in [3.8, 4) is 6.07 Å². The number of alkyl carbamates (subject to hydrolysis) is 1. The lowest BCUT2D eigenvalue weighted by Gasteiger charge is -2.20. The van der Waals surface area contributed by atoms with Crippen molar-refractivity contribution in [2.75, 3.05) is 13.7 Å². The minimum Gasteiger partial charge on any atom is -0.467 e. The summed E-state index contributed by atoms with van der Waals surface area (Å²) in [6, 6.07) is 8.41. The van der Waals surface area contributed by atoms with Crippen molar-refractivity contribution in [2.45, 2.75) is 31.5 Å². The first-order valence-electron chi connectivity index (χ1n) is 7.85. The Morgan fingerprint density at radius 3 is 2.46 bits per heavy atom. The van der Waals surface area contributed by atoms with Gasteiger partial charge in [0.15, 0.2) is 0 Å². The molecule has 9 nitrogen and oxygen atoms in total. The Hall–Kier alpha value is -3.12. The number of aliphatic hydroxyl groups excluding tert-OH is 1. The summed E-state index contributed by atoms with van der Waals surface area (Å²) in [4.78, 5) is 35.5. The van der Waals surface area contributed by atoms with Crippen molar-refractivity contribution in [1.82, 2.24) is 10.6 Å². The van der Waals surface area contributed by atoms with Crippen LogP contribution in [0, 0.1) is 11.3 Å². The zero-order chi connectivity index (χ0) is 19.4. The summed E-state index contributed by atoms with van der Waals surface area (Å²) in [5.41, 5.74) is 0.759. The van der Waals surface area contributed by atoms with E-state index in [2.05, 4.69) is 15.4 Å². The fourth-order valence-corrected chi connectivity index (χ4v) is 1.97.